The van der Waals surface area contributed by atoms with Gasteiger partial charge in [-0.2, -0.15) is 5.10 Å². The zero-order valence-electron chi connectivity index (χ0n) is 14.2. The van der Waals surface area contributed by atoms with E-state index in [1.165, 1.54) is 0 Å². The Bertz CT molecular complexity index is 848. The molecule has 8 heteroatoms. The van der Waals surface area contributed by atoms with Gasteiger partial charge < -0.3 is 15.1 Å². The van der Waals surface area contributed by atoms with Crippen LogP contribution in [0.1, 0.15) is 15.9 Å². The van der Waals surface area contributed by atoms with E-state index in [0.717, 1.165) is 5.56 Å². The molecule has 2 aliphatic rings. The molecule has 0 bridgehead atoms. The fraction of sp³-hybridized carbons (Fsp3) is 0.333. The highest BCUT2D eigenvalue weighted by Crippen LogP contribution is 2.16. The minimum atomic E-state index is -0.603. The van der Waals surface area contributed by atoms with E-state index in [4.69, 9.17) is 0 Å². The lowest BCUT2D eigenvalue weighted by Gasteiger charge is -2.42. The smallest absolute Gasteiger partial charge is 0.257 e. The number of nitrogens with zero attached hydrogens (tertiary/aromatic N) is 4. The molecule has 2 aliphatic heterocycles. The van der Waals surface area contributed by atoms with Gasteiger partial charge in [0.25, 0.3) is 5.91 Å². The van der Waals surface area contributed by atoms with Gasteiger partial charge in [0.15, 0.2) is 0 Å². The molecular formula is C18H19N5O3. The van der Waals surface area contributed by atoms with Crippen molar-refractivity contribution in [2.75, 3.05) is 26.2 Å². The van der Waals surface area contributed by atoms with Crippen LogP contribution in [-0.2, 0) is 16.1 Å². The standard InChI is InChI=1S/C18H19N5O3/c24-16-9-19-17(25)15-12-21(6-7-23(15)16)18(26)14-8-20-22(11-14)10-13-4-2-1-3-5-13/h1-5,8,11,15H,6-7,9-10,12H2,(H,19,25)/t15-/m0/s1. The zero-order chi connectivity index (χ0) is 18.1. The molecule has 1 aromatic heterocycles. The molecule has 2 fully saturated rings. The van der Waals surface area contributed by atoms with Gasteiger partial charge in [-0.15, -0.1) is 0 Å². The van der Waals surface area contributed by atoms with Gasteiger partial charge in [0.2, 0.25) is 11.8 Å². The van der Waals surface area contributed by atoms with E-state index in [-0.39, 0.29) is 30.8 Å². The van der Waals surface area contributed by atoms with Gasteiger partial charge in [-0.1, -0.05) is 30.3 Å². The Hall–Kier alpha value is -3.16. The van der Waals surface area contributed by atoms with E-state index in [1.807, 2.05) is 30.3 Å². The number of piperazine rings is 2. The lowest BCUT2D eigenvalue weighted by molar-refractivity contribution is -0.148. The second kappa shape index (κ2) is 6.62. The number of benzene rings is 1. The second-order valence-corrected chi connectivity index (χ2v) is 6.48. The summed E-state index contributed by atoms with van der Waals surface area (Å²) in [6, 6.07) is 9.27. The Morgan fingerprint density at radius 2 is 2.00 bits per heavy atom. The molecule has 2 saturated heterocycles. The number of nitrogens with one attached hydrogen (secondary N) is 1. The third-order valence-electron chi connectivity index (χ3n) is 4.77. The third kappa shape index (κ3) is 3.05. The Balaban J connectivity index is 1.45. The number of fused-ring (bicyclic) bond motifs is 1. The zero-order valence-corrected chi connectivity index (χ0v) is 14.2. The molecule has 0 unspecified atom stereocenters. The summed E-state index contributed by atoms with van der Waals surface area (Å²) in [5.41, 5.74) is 1.58. The van der Waals surface area contributed by atoms with Crippen molar-refractivity contribution < 1.29 is 14.4 Å². The molecule has 1 aromatic carbocycles. The topological polar surface area (TPSA) is 87.5 Å². The normalized spacial score (nSPS) is 19.9. The minimum absolute atomic E-state index is 0.0372. The fourth-order valence-electron chi connectivity index (χ4n) is 3.39. The average molecular weight is 353 g/mol. The van der Waals surface area contributed by atoms with Crippen LogP contribution in [0.4, 0.5) is 0 Å². The molecule has 1 atom stereocenters. The van der Waals surface area contributed by atoms with E-state index in [2.05, 4.69) is 10.4 Å². The summed E-state index contributed by atoms with van der Waals surface area (Å²) in [6.45, 7) is 1.62. The lowest BCUT2D eigenvalue weighted by atomic mass is 10.1. The number of amides is 3. The minimum Gasteiger partial charge on any atom is -0.345 e. The van der Waals surface area contributed by atoms with Gasteiger partial charge in [-0.25, -0.2) is 0 Å². The fourth-order valence-corrected chi connectivity index (χ4v) is 3.39. The molecule has 2 aromatic rings. The summed E-state index contributed by atoms with van der Waals surface area (Å²) in [7, 11) is 0. The van der Waals surface area contributed by atoms with Gasteiger partial charge in [0, 0.05) is 19.3 Å². The van der Waals surface area contributed by atoms with Crippen molar-refractivity contribution >= 4 is 17.7 Å². The maximum absolute atomic E-state index is 12.8. The molecular weight excluding hydrogens is 334 g/mol. The van der Waals surface area contributed by atoms with E-state index in [0.29, 0.717) is 25.2 Å². The molecule has 3 heterocycles. The first kappa shape index (κ1) is 16.3. The highest BCUT2D eigenvalue weighted by molar-refractivity contribution is 5.97. The summed E-state index contributed by atoms with van der Waals surface area (Å²) in [4.78, 5) is 39.9. The highest BCUT2D eigenvalue weighted by Gasteiger charge is 2.40. The van der Waals surface area contributed by atoms with Gasteiger partial charge in [0.05, 0.1) is 31.4 Å². The van der Waals surface area contributed by atoms with Gasteiger partial charge in [-0.3, -0.25) is 19.1 Å². The van der Waals surface area contributed by atoms with Crippen LogP contribution in [0.5, 0.6) is 0 Å². The molecule has 0 spiro atoms. The monoisotopic (exact) mass is 353 g/mol. The van der Waals surface area contributed by atoms with Gasteiger partial charge in [-0.05, 0) is 5.56 Å². The summed E-state index contributed by atoms with van der Waals surface area (Å²) >= 11 is 0. The van der Waals surface area contributed by atoms with Crippen molar-refractivity contribution in [3.63, 3.8) is 0 Å². The van der Waals surface area contributed by atoms with Crippen molar-refractivity contribution in [3.05, 3.63) is 53.9 Å². The molecule has 8 nitrogen and oxygen atoms in total. The predicted octanol–water partition coefficient (Wildman–Crippen LogP) is -0.286. The molecule has 0 aliphatic carbocycles. The molecule has 3 amide bonds. The first-order valence-electron chi connectivity index (χ1n) is 8.54. The number of hydrogen-bond donors (Lipinski definition) is 1. The SMILES string of the molecule is O=C1NCC(=O)N2CCN(C(=O)c3cnn(Cc4ccccc4)c3)C[C@@H]12. The Kier molecular flexibility index (Phi) is 4.16. The molecule has 134 valence electrons. The van der Waals surface area contributed by atoms with Crippen LogP contribution in [0.25, 0.3) is 0 Å². The average Bonchev–Trinajstić information content (AvgIpc) is 3.13. The Labute approximate surface area is 150 Å². The van der Waals surface area contributed by atoms with Crippen LogP contribution >= 0.6 is 0 Å². The van der Waals surface area contributed by atoms with Crippen molar-refractivity contribution in [2.24, 2.45) is 0 Å². The van der Waals surface area contributed by atoms with Crippen LogP contribution in [0.2, 0.25) is 0 Å². The van der Waals surface area contributed by atoms with Crippen molar-refractivity contribution in [3.8, 4) is 0 Å². The maximum Gasteiger partial charge on any atom is 0.257 e. The number of aromatic nitrogens is 2. The van der Waals surface area contributed by atoms with Crippen LogP contribution in [-0.4, -0.2) is 69.5 Å². The lowest BCUT2D eigenvalue weighted by Crippen LogP contribution is -2.66. The first-order valence-corrected chi connectivity index (χ1v) is 8.54. The molecule has 0 radical (unpaired) electrons. The Morgan fingerprint density at radius 3 is 2.81 bits per heavy atom. The van der Waals surface area contributed by atoms with Crippen LogP contribution in [0.15, 0.2) is 42.7 Å². The predicted molar refractivity (Wildman–Crippen MR) is 92.2 cm³/mol. The van der Waals surface area contributed by atoms with Gasteiger partial charge >= 0.3 is 0 Å². The van der Waals surface area contributed by atoms with E-state index in [9.17, 15) is 14.4 Å². The largest absolute Gasteiger partial charge is 0.345 e. The summed E-state index contributed by atoms with van der Waals surface area (Å²) in [5.74, 6) is -0.478. The highest BCUT2D eigenvalue weighted by atomic mass is 16.2. The maximum atomic E-state index is 12.8. The summed E-state index contributed by atoms with van der Waals surface area (Å²) in [5, 5.41) is 6.84. The van der Waals surface area contributed by atoms with Crippen LogP contribution in [0, 0.1) is 0 Å². The van der Waals surface area contributed by atoms with Crippen molar-refractivity contribution in [1.29, 1.82) is 0 Å². The Morgan fingerprint density at radius 1 is 1.19 bits per heavy atom. The molecule has 4 rings (SSSR count). The van der Waals surface area contributed by atoms with Crippen LogP contribution < -0.4 is 5.32 Å². The summed E-state index contributed by atoms with van der Waals surface area (Å²) < 4.78 is 1.72. The summed E-state index contributed by atoms with van der Waals surface area (Å²) in [6.07, 6.45) is 3.26. The van der Waals surface area contributed by atoms with Crippen molar-refractivity contribution in [2.45, 2.75) is 12.6 Å². The van der Waals surface area contributed by atoms with E-state index < -0.39 is 6.04 Å². The molecule has 0 saturated carbocycles. The molecule has 26 heavy (non-hydrogen) atoms. The third-order valence-corrected chi connectivity index (χ3v) is 4.77. The van der Waals surface area contributed by atoms with Gasteiger partial charge in [0.1, 0.15) is 6.04 Å². The van der Waals surface area contributed by atoms with E-state index in [1.54, 1.807) is 26.9 Å². The molecule has 1 N–H and O–H groups in total. The second-order valence-electron chi connectivity index (χ2n) is 6.48. The number of carbonyl (C=O) groups excluding carboxylic acids is 3. The van der Waals surface area contributed by atoms with Crippen LogP contribution in [0.3, 0.4) is 0 Å². The van der Waals surface area contributed by atoms with Crippen molar-refractivity contribution in [1.82, 2.24) is 24.9 Å². The number of rotatable bonds is 3. The van der Waals surface area contributed by atoms with E-state index >= 15 is 0 Å². The number of carbonyl (C=O) groups is 3. The number of hydrogen-bond acceptors (Lipinski definition) is 4. The quantitative estimate of drug-likeness (QED) is 0.822. The first-order chi connectivity index (χ1) is 12.6.